The predicted molar refractivity (Wildman–Crippen MR) is 130 cm³/mol. The predicted octanol–water partition coefficient (Wildman–Crippen LogP) is 4.03. The van der Waals surface area contributed by atoms with Crippen molar-refractivity contribution < 1.29 is 18.0 Å². The number of amides is 2. The summed E-state index contributed by atoms with van der Waals surface area (Å²) < 4.78 is 29.7. The number of anilines is 1. The van der Waals surface area contributed by atoms with Gasteiger partial charge in [-0.25, -0.2) is 13.3 Å². The number of hydrogen-bond donors (Lipinski definition) is 0. The molecule has 1 heterocycles. The van der Waals surface area contributed by atoms with Crippen molar-refractivity contribution in [1.29, 1.82) is 0 Å². The molecule has 2 aromatic rings. The Morgan fingerprint density at radius 1 is 1.10 bits per heavy atom. The zero-order chi connectivity index (χ0) is 23.1. The Bertz CT molecular complexity index is 1150. The van der Waals surface area contributed by atoms with Crippen LogP contribution in [0.25, 0.3) is 0 Å². The van der Waals surface area contributed by atoms with Crippen LogP contribution in [0.15, 0.2) is 47.9 Å². The van der Waals surface area contributed by atoms with Gasteiger partial charge in [-0.2, -0.15) is 4.31 Å². The van der Waals surface area contributed by atoms with E-state index in [1.807, 2.05) is 19.9 Å². The first-order valence-electron chi connectivity index (χ1n) is 9.83. The topological polar surface area (TPSA) is 74.8 Å². The summed E-state index contributed by atoms with van der Waals surface area (Å²) in [6, 6.07) is 7.79. The molecule has 0 saturated carbocycles. The molecule has 0 aromatic heterocycles. The van der Waals surface area contributed by atoms with Gasteiger partial charge in [-0.05, 0) is 96.8 Å². The third-order valence-electron chi connectivity index (χ3n) is 5.73. The molecule has 1 saturated heterocycles. The van der Waals surface area contributed by atoms with E-state index in [1.54, 1.807) is 38.1 Å². The summed E-state index contributed by atoms with van der Waals surface area (Å²) in [5, 5.41) is 0. The van der Waals surface area contributed by atoms with Gasteiger partial charge in [-0.15, -0.1) is 6.58 Å². The van der Waals surface area contributed by atoms with E-state index in [4.69, 9.17) is 0 Å². The zero-order valence-corrected chi connectivity index (χ0v) is 21.0. The summed E-state index contributed by atoms with van der Waals surface area (Å²) in [6.07, 6.45) is 1.23. The van der Waals surface area contributed by atoms with Crippen molar-refractivity contribution in [2.24, 2.45) is 0 Å². The number of benzene rings is 2. The third-order valence-corrected chi connectivity index (χ3v) is 8.60. The van der Waals surface area contributed by atoms with Gasteiger partial charge in [0.05, 0.1) is 17.0 Å². The van der Waals surface area contributed by atoms with Crippen LogP contribution in [0.4, 0.5) is 5.69 Å². The first kappa shape index (κ1) is 23.6. The Morgan fingerprint density at radius 2 is 1.65 bits per heavy atom. The second kappa shape index (κ2) is 8.84. The summed E-state index contributed by atoms with van der Waals surface area (Å²) in [4.78, 5) is 27.3. The van der Waals surface area contributed by atoms with Gasteiger partial charge in [0.2, 0.25) is 15.9 Å². The molecule has 0 bridgehead atoms. The molecule has 6 nitrogen and oxygen atoms in total. The molecule has 1 aliphatic heterocycles. The quantitative estimate of drug-likeness (QED) is 0.308. The zero-order valence-electron chi connectivity index (χ0n) is 18.0. The van der Waals surface area contributed by atoms with Crippen LogP contribution in [0.3, 0.4) is 0 Å². The molecule has 0 N–H and O–H groups in total. The summed E-state index contributed by atoms with van der Waals surface area (Å²) in [6.45, 7) is 10.9. The molecule has 1 atom stereocenters. The Balaban J connectivity index is 2.09. The molecule has 31 heavy (non-hydrogen) atoms. The molecule has 0 spiro atoms. The molecule has 1 fully saturated rings. The number of imide groups is 1. The molecule has 1 aliphatic rings. The molecule has 0 aliphatic carbocycles. The minimum absolute atomic E-state index is 0.0710. The fraction of sp³-hybridized carbons (Fsp3) is 0.304. The molecule has 3 rings (SSSR count). The number of sulfonamides is 1. The van der Waals surface area contributed by atoms with Gasteiger partial charge < -0.3 is 0 Å². The number of carbonyl (C=O) groups excluding carboxylic acids is 2. The van der Waals surface area contributed by atoms with Gasteiger partial charge in [0.25, 0.3) is 5.91 Å². The minimum Gasteiger partial charge on any atom is -0.274 e. The Hall–Kier alpha value is -2.04. The highest BCUT2D eigenvalue weighted by Crippen LogP contribution is 2.33. The van der Waals surface area contributed by atoms with E-state index in [0.717, 1.165) is 23.9 Å². The lowest BCUT2D eigenvalue weighted by Gasteiger charge is -2.28. The summed E-state index contributed by atoms with van der Waals surface area (Å²) >= 11 is 2.14. The Labute approximate surface area is 197 Å². The Morgan fingerprint density at radius 3 is 2.16 bits per heavy atom. The molecule has 2 aromatic carbocycles. The van der Waals surface area contributed by atoms with Crippen molar-refractivity contribution in [3.05, 3.63) is 68.8 Å². The summed E-state index contributed by atoms with van der Waals surface area (Å²) in [7, 11) is -4.06. The highest BCUT2D eigenvalue weighted by Gasteiger charge is 2.47. The van der Waals surface area contributed by atoms with E-state index in [0.29, 0.717) is 16.8 Å². The van der Waals surface area contributed by atoms with Gasteiger partial charge in [-0.1, -0.05) is 12.1 Å². The van der Waals surface area contributed by atoms with Crippen LogP contribution in [0.1, 0.15) is 28.7 Å². The van der Waals surface area contributed by atoms with Crippen molar-refractivity contribution >= 4 is 50.1 Å². The fourth-order valence-electron chi connectivity index (χ4n) is 3.91. The number of rotatable bonds is 6. The maximum atomic E-state index is 13.8. The van der Waals surface area contributed by atoms with Gasteiger partial charge in [-0.3, -0.25) is 9.59 Å². The van der Waals surface area contributed by atoms with Crippen molar-refractivity contribution in [3.8, 4) is 0 Å². The first-order valence-corrected chi connectivity index (χ1v) is 12.3. The first-order chi connectivity index (χ1) is 14.5. The molecular formula is C23H25IN2O4S. The summed E-state index contributed by atoms with van der Waals surface area (Å²) in [5.41, 5.74) is 3.43. The third kappa shape index (κ3) is 4.20. The largest absolute Gasteiger partial charge is 0.274 e. The Kier molecular flexibility index (Phi) is 6.73. The average molecular weight is 552 g/mol. The van der Waals surface area contributed by atoms with Gasteiger partial charge in [0.1, 0.15) is 6.04 Å². The van der Waals surface area contributed by atoms with Crippen LogP contribution in [0.5, 0.6) is 0 Å². The monoisotopic (exact) mass is 552 g/mol. The maximum Gasteiger partial charge on any atom is 0.252 e. The lowest BCUT2D eigenvalue weighted by atomic mass is 10.0. The van der Waals surface area contributed by atoms with Gasteiger partial charge >= 0.3 is 0 Å². The highest BCUT2D eigenvalue weighted by molar-refractivity contribution is 14.1. The molecule has 2 amide bonds. The fourth-order valence-corrected chi connectivity index (χ4v) is 6.40. The SMILES string of the molecule is C=CCN(C1CC(=O)N(c2ccc(I)cc2)C1=O)S(=O)(=O)c1c(C)c(C)cc(C)c1C. The average Bonchev–Trinajstić information content (AvgIpc) is 2.99. The van der Waals surface area contributed by atoms with Crippen LogP contribution < -0.4 is 4.90 Å². The molecular weight excluding hydrogens is 527 g/mol. The standard InChI is InChI=1S/C23H25IN2O4S/c1-6-11-25(31(29,30)22-16(4)14(2)12-15(3)17(22)5)20-13-21(27)26(23(20)28)19-9-7-18(24)8-10-19/h6-10,12,20H,1,11,13H2,2-5H3. The van der Waals surface area contributed by atoms with Crippen molar-refractivity contribution in [2.75, 3.05) is 11.4 Å². The van der Waals surface area contributed by atoms with Gasteiger partial charge in [0, 0.05) is 10.1 Å². The lowest BCUT2D eigenvalue weighted by Crippen LogP contribution is -2.45. The van der Waals surface area contributed by atoms with E-state index in [-0.39, 0.29) is 17.9 Å². The van der Waals surface area contributed by atoms with E-state index in [2.05, 4.69) is 29.2 Å². The lowest BCUT2D eigenvalue weighted by molar-refractivity contribution is -0.122. The van der Waals surface area contributed by atoms with Crippen LogP contribution in [-0.4, -0.2) is 37.1 Å². The number of nitrogens with zero attached hydrogens (tertiary/aromatic N) is 2. The van der Waals surface area contributed by atoms with Crippen molar-refractivity contribution in [2.45, 2.75) is 45.1 Å². The van der Waals surface area contributed by atoms with Crippen molar-refractivity contribution in [3.63, 3.8) is 0 Å². The van der Waals surface area contributed by atoms with Crippen LogP contribution in [0.2, 0.25) is 0 Å². The second-order valence-electron chi connectivity index (χ2n) is 7.72. The highest BCUT2D eigenvalue weighted by atomic mass is 127. The van der Waals surface area contributed by atoms with Crippen LogP contribution in [0, 0.1) is 31.3 Å². The van der Waals surface area contributed by atoms with E-state index in [9.17, 15) is 18.0 Å². The van der Waals surface area contributed by atoms with Crippen LogP contribution >= 0.6 is 22.6 Å². The number of carbonyl (C=O) groups is 2. The number of aryl methyl sites for hydroxylation is 2. The smallest absolute Gasteiger partial charge is 0.252 e. The normalized spacial score (nSPS) is 17.0. The molecule has 0 radical (unpaired) electrons. The minimum atomic E-state index is -4.06. The van der Waals surface area contributed by atoms with Crippen LogP contribution in [-0.2, 0) is 19.6 Å². The van der Waals surface area contributed by atoms with Crippen molar-refractivity contribution in [1.82, 2.24) is 4.31 Å². The second-order valence-corrected chi connectivity index (χ2v) is 10.8. The summed E-state index contributed by atoms with van der Waals surface area (Å²) in [5.74, 6) is -0.967. The number of hydrogen-bond acceptors (Lipinski definition) is 4. The van der Waals surface area contributed by atoms with E-state index < -0.39 is 27.9 Å². The number of halogens is 1. The van der Waals surface area contributed by atoms with Gasteiger partial charge in [0.15, 0.2) is 0 Å². The molecule has 1 unspecified atom stereocenters. The maximum absolute atomic E-state index is 13.8. The molecule has 8 heteroatoms. The van der Waals surface area contributed by atoms with E-state index >= 15 is 0 Å². The van der Waals surface area contributed by atoms with E-state index in [1.165, 1.54) is 6.08 Å². The molecule has 164 valence electrons.